The summed E-state index contributed by atoms with van der Waals surface area (Å²) in [4.78, 5) is 23.0. The minimum atomic E-state index is -0.527. The number of carbonyl (C=O) groups excluding carboxylic acids is 2. The zero-order chi connectivity index (χ0) is 19.9. The summed E-state index contributed by atoms with van der Waals surface area (Å²) in [5, 5.41) is 5.28. The Bertz CT molecular complexity index is 1000. The predicted octanol–water partition coefficient (Wildman–Crippen LogP) is 3.59. The number of fused-ring (bicyclic) bond motifs is 1. The monoisotopic (exact) mass is 374 g/mol. The smallest absolute Gasteiger partial charge is 0.255 e. The van der Waals surface area contributed by atoms with Gasteiger partial charge < -0.3 is 15.8 Å². The maximum Gasteiger partial charge on any atom is 0.255 e. The van der Waals surface area contributed by atoms with Crippen LogP contribution in [0, 0.1) is 0 Å². The van der Waals surface area contributed by atoms with Gasteiger partial charge in [-0.1, -0.05) is 54.6 Å². The normalized spacial score (nSPS) is 12.0. The predicted molar refractivity (Wildman–Crippen MR) is 111 cm³/mol. The van der Waals surface area contributed by atoms with Gasteiger partial charge >= 0.3 is 0 Å². The topological polar surface area (TPSA) is 81.4 Å². The van der Waals surface area contributed by atoms with Crippen molar-refractivity contribution >= 4 is 28.7 Å². The number of nitrogens with one attached hydrogen (secondary N) is 1. The fourth-order valence-corrected chi connectivity index (χ4v) is 2.97. The van der Waals surface area contributed by atoms with Crippen molar-refractivity contribution < 1.29 is 14.3 Å². The average Bonchev–Trinajstić information content (AvgIpc) is 2.71. The van der Waals surface area contributed by atoms with E-state index in [-0.39, 0.29) is 18.6 Å². The Morgan fingerprint density at radius 1 is 1.04 bits per heavy atom. The van der Waals surface area contributed by atoms with Gasteiger partial charge in [-0.15, -0.1) is 0 Å². The van der Waals surface area contributed by atoms with Crippen molar-refractivity contribution in [3.8, 4) is 5.75 Å². The molecule has 0 aliphatic heterocycles. The molecular formula is C23H22N2O3. The maximum absolute atomic E-state index is 12.3. The van der Waals surface area contributed by atoms with Crippen molar-refractivity contribution in [2.45, 2.75) is 13.0 Å². The Hall–Kier alpha value is -3.60. The van der Waals surface area contributed by atoms with E-state index in [1.54, 1.807) is 30.3 Å². The van der Waals surface area contributed by atoms with Crippen LogP contribution < -0.4 is 15.8 Å². The molecule has 0 saturated carbocycles. The van der Waals surface area contributed by atoms with Crippen molar-refractivity contribution in [1.82, 2.24) is 5.32 Å². The molecule has 2 amide bonds. The third-order valence-electron chi connectivity index (χ3n) is 4.34. The zero-order valence-corrected chi connectivity index (χ0v) is 15.6. The fourth-order valence-electron chi connectivity index (χ4n) is 2.97. The lowest BCUT2D eigenvalue weighted by Crippen LogP contribution is -2.24. The van der Waals surface area contributed by atoms with Crippen LogP contribution in [0.5, 0.6) is 5.75 Å². The molecule has 142 valence electrons. The van der Waals surface area contributed by atoms with Crippen LogP contribution in [0.2, 0.25) is 0 Å². The highest BCUT2D eigenvalue weighted by Crippen LogP contribution is 2.24. The molecule has 3 N–H and O–H groups in total. The van der Waals surface area contributed by atoms with Gasteiger partial charge in [-0.25, -0.2) is 0 Å². The molecule has 0 aromatic heterocycles. The zero-order valence-electron chi connectivity index (χ0n) is 15.6. The van der Waals surface area contributed by atoms with Crippen molar-refractivity contribution in [2.24, 2.45) is 5.73 Å². The lowest BCUT2D eigenvalue weighted by atomic mass is 10.00. The molecule has 5 nitrogen and oxygen atoms in total. The summed E-state index contributed by atoms with van der Waals surface area (Å²) in [6.07, 6.45) is 3.23. The number of primary amides is 1. The molecule has 0 bridgehead atoms. The molecule has 0 aliphatic carbocycles. The summed E-state index contributed by atoms with van der Waals surface area (Å²) in [5.74, 6) is -0.152. The number of hydrogen-bond acceptors (Lipinski definition) is 3. The van der Waals surface area contributed by atoms with Crippen LogP contribution in [-0.2, 0) is 9.59 Å². The standard InChI is InChI=1S/C23H22N2O3/c1-16(20-8-4-6-18-5-2-3-7-21(18)20)25-23(27)14-11-17-9-12-19(13-10-17)28-15-22(24)26/h2-14,16H,15H2,1H3,(H2,24,26)(H,25,27)/b14-11+. The maximum atomic E-state index is 12.3. The SMILES string of the molecule is CC(NC(=O)/C=C/c1ccc(OCC(N)=O)cc1)c1cccc2ccccc12. The molecule has 28 heavy (non-hydrogen) atoms. The number of hydrogen-bond donors (Lipinski definition) is 2. The van der Waals surface area contributed by atoms with Gasteiger partial charge in [0.1, 0.15) is 5.75 Å². The molecule has 0 saturated heterocycles. The number of ether oxygens (including phenoxy) is 1. The van der Waals surface area contributed by atoms with Crippen LogP contribution in [0.4, 0.5) is 0 Å². The molecule has 0 aliphatic rings. The minimum absolute atomic E-state index is 0.118. The Morgan fingerprint density at radius 3 is 2.50 bits per heavy atom. The van der Waals surface area contributed by atoms with Gasteiger partial charge in [-0.2, -0.15) is 0 Å². The molecule has 3 rings (SSSR count). The highest BCUT2D eigenvalue weighted by molar-refractivity contribution is 5.93. The number of benzene rings is 3. The van der Waals surface area contributed by atoms with Crippen molar-refractivity contribution in [3.63, 3.8) is 0 Å². The second-order valence-electron chi connectivity index (χ2n) is 6.46. The van der Waals surface area contributed by atoms with Gasteiger partial charge in [-0.05, 0) is 47.0 Å². The van der Waals surface area contributed by atoms with Crippen molar-refractivity contribution in [2.75, 3.05) is 6.61 Å². The lowest BCUT2D eigenvalue weighted by Gasteiger charge is -2.15. The third kappa shape index (κ3) is 4.98. The highest BCUT2D eigenvalue weighted by atomic mass is 16.5. The van der Waals surface area contributed by atoms with Crippen LogP contribution in [0.25, 0.3) is 16.8 Å². The molecule has 0 spiro atoms. The second-order valence-corrected chi connectivity index (χ2v) is 6.46. The first-order chi connectivity index (χ1) is 13.5. The second kappa shape index (κ2) is 8.86. The van der Waals surface area contributed by atoms with Gasteiger partial charge in [0.15, 0.2) is 6.61 Å². The van der Waals surface area contributed by atoms with E-state index in [2.05, 4.69) is 23.5 Å². The van der Waals surface area contributed by atoms with Gasteiger partial charge in [-0.3, -0.25) is 9.59 Å². The van der Waals surface area contributed by atoms with E-state index in [1.165, 1.54) is 6.08 Å². The van der Waals surface area contributed by atoms with E-state index in [1.807, 2.05) is 31.2 Å². The fraction of sp³-hybridized carbons (Fsp3) is 0.130. The molecule has 3 aromatic carbocycles. The molecule has 3 aromatic rings. The lowest BCUT2D eigenvalue weighted by molar-refractivity contribution is -0.120. The van der Waals surface area contributed by atoms with E-state index in [0.717, 1.165) is 21.9 Å². The van der Waals surface area contributed by atoms with E-state index < -0.39 is 5.91 Å². The van der Waals surface area contributed by atoms with Gasteiger partial charge in [0.25, 0.3) is 5.91 Å². The van der Waals surface area contributed by atoms with Crippen LogP contribution in [0.3, 0.4) is 0 Å². The van der Waals surface area contributed by atoms with Crippen LogP contribution in [0.15, 0.2) is 72.8 Å². The van der Waals surface area contributed by atoms with Crippen LogP contribution >= 0.6 is 0 Å². The molecular weight excluding hydrogens is 352 g/mol. The molecule has 0 fully saturated rings. The first-order valence-corrected chi connectivity index (χ1v) is 9.00. The van der Waals surface area contributed by atoms with Gasteiger partial charge in [0, 0.05) is 6.08 Å². The Morgan fingerprint density at radius 2 is 1.75 bits per heavy atom. The van der Waals surface area contributed by atoms with Crippen LogP contribution in [0.1, 0.15) is 24.1 Å². The first-order valence-electron chi connectivity index (χ1n) is 9.00. The number of rotatable bonds is 7. The summed E-state index contributed by atoms with van der Waals surface area (Å²) in [6.45, 7) is 1.81. The number of carbonyl (C=O) groups is 2. The summed E-state index contributed by atoms with van der Waals surface area (Å²) in [6, 6.07) is 21.1. The molecule has 5 heteroatoms. The van der Waals surface area contributed by atoms with E-state index in [4.69, 9.17) is 10.5 Å². The van der Waals surface area contributed by atoms with Gasteiger partial charge in [0.05, 0.1) is 6.04 Å². The Balaban J connectivity index is 1.62. The summed E-state index contributed by atoms with van der Waals surface area (Å²) < 4.78 is 5.21. The van der Waals surface area contributed by atoms with Crippen molar-refractivity contribution in [1.29, 1.82) is 0 Å². The minimum Gasteiger partial charge on any atom is -0.484 e. The average molecular weight is 374 g/mol. The molecule has 1 atom stereocenters. The van der Waals surface area contributed by atoms with Gasteiger partial charge in [0.2, 0.25) is 5.91 Å². The Kier molecular flexibility index (Phi) is 6.07. The molecule has 1 unspecified atom stereocenters. The summed E-state index contributed by atoms with van der Waals surface area (Å²) >= 11 is 0. The molecule has 0 heterocycles. The number of nitrogens with two attached hydrogens (primary N) is 1. The van der Waals surface area contributed by atoms with E-state index >= 15 is 0 Å². The van der Waals surface area contributed by atoms with Crippen molar-refractivity contribution in [3.05, 3.63) is 83.9 Å². The highest BCUT2D eigenvalue weighted by Gasteiger charge is 2.10. The van der Waals surface area contributed by atoms with Crippen LogP contribution in [-0.4, -0.2) is 18.4 Å². The largest absolute Gasteiger partial charge is 0.484 e. The quantitative estimate of drug-likeness (QED) is 0.620. The first kappa shape index (κ1) is 19.2. The van der Waals surface area contributed by atoms with E-state index in [0.29, 0.717) is 5.75 Å². The molecule has 0 radical (unpaired) electrons. The number of amides is 2. The third-order valence-corrected chi connectivity index (χ3v) is 4.34. The summed E-state index contributed by atoms with van der Waals surface area (Å²) in [7, 11) is 0. The summed E-state index contributed by atoms with van der Waals surface area (Å²) in [5.41, 5.74) is 6.97. The Labute approximate surface area is 163 Å². The van der Waals surface area contributed by atoms with E-state index in [9.17, 15) is 9.59 Å².